The van der Waals surface area contributed by atoms with Crippen LogP contribution in [0.5, 0.6) is 0 Å². The highest BCUT2D eigenvalue weighted by Gasteiger charge is 2.28. The molecular weight excluding hydrogens is 380 g/mol. The maximum atomic E-state index is 13.1. The second-order valence-electron chi connectivity index (χ2n) is 7.63. The van der Waals surface area contributed by atoms with Gasteiger partial charge in [-0.15, -0.1) is 11.8 Å². The molecule has 2 aromatic carbocycles. The fourth-order valence-corrected chi connectivity index (χ4v) is 4.48. The molecule has 1 aliphatic carbocycles. The lowest BCUT2D eigenvalue weighted by Gasteiger charge is -2.31. The molecular formula is C24H30N2O2S. The largest absolute Gasteiger partial charge is 0.352 e. The lowest BCUT2D eigenvalue weighted by atomic mass is 9.95. The van der Waals surface area contributed by atoms with E-state index in [1.807, 2.05) is 67.6 Å². The maximum absolute atomic E-state index is 13.1. The van der Waals surface area contributed by atoms with Gasteiger partial charge in [0, 0.05) is 17.5 Å². The Morgan fingerprint density at radius 3 is 2.28 bits per heavy atom. The number of nitrogens with one attached hydrogen (secondary N) is 1. The van der Waals surface area contributed by atoms with Crippen LogP contribution >= 0.6 is 11.8 Å². The summed E-state index contributed by atoms with van der Waals surface area (Å²) in [6.07, 6.45) is 5.65. The molecule has 4 nitrogen and oxygen atoms in total. The van der Waals surface area contributed by atoms with Crippen LogP contribution in [0.4, 0.5) is 0 Å². The predicted molar refractivity (Wildman–Crippen MR) is 119 cm³/mol. The van der Waals surface area contributed by atoms with Gasteiger partial charge < -0.3 is 10.2 Å². The highest BCUT2D eigenvalue weighted by molar-refractivity contribution is 8.00. The average molecular weight is 411 g/mol. The summed E-state index contributed by atoms with van der Waals surface area (Å²) in [5.41, 5.74) is 1.03. The third-order valence-corrected chi connectivity index (χ3v) is 6.42. The van der Waals surface area contributed by atoms with Gasteiger partial charge in [-0.3, -0.25) is 9.59 Å². The molecule has 2 amide bonds. The van der Waals surface area contributed by atoms with Gasteiger partial charge >= 0.3 is 0 Å². The van der Waals surface area contributed by atoms with Crippen molar-refractivity contribution < 1.29 is 9.59 Å². The Bertz CT molecular complexity index is 776. The minimum absolute atomic E-state index is 0.0194. The van der Waals surface area contributed by atoms with Crippen molar-refractivity contribution in [3.05, 3.63) is 66.2 Å². The summed E-state index contributed by atoms with van der Waals surface area (Å²) < 4.78 is 0. The van der Waals surface area contributed by atoms with Gasteiger partial charge in [0.15, 0.2) is 0 Å². The number of carbonyl (C=O) groups excluding carboxylic acids is 2. The van der Waals surface area contributed by atoms with E-state index >= 15 is 0 Å². The van der Waals surface area contributed by atoms with E-state index < -0.39 is 6.04 Å². The van der Waals surface area contributed by atoms with E-state index in [-0.39, 0.29) is 17.9 Å². The molecule has 1 aliphatic rings. The number of benzene rings is 2. The minimum atomic E-state index is -0.499. The van der Waals surface area contributed by atoms with Crippen molar-refractivity contribution in [3.63, 3.8) is 0 Å². The molecule has 29 heavy (non-hydrogen) atoms. The maximum Gasteiger partial charge on any atom is 0.242 e. The smallest absolute Gasteiger partial charge is 0.242 e. The lowest BCUT2D eigenvalue weighted by molar-refractivity contribution is -0.139. The third kappa shape index (κ3) is 6.64. The van der Waals surface area contributed by atoms with E-state index in [2.05, 4.69) is 5.32 Å². The van der Waals surface area contributed by atoms with Crippen molar-refractivity contribution in [1.29, 1.82) is 0 Å². The first-order chi connectivity index (χ1) is 14.1. The van der Waals surface area contributed by atoms with Crippen LogP contribution in [0.15, 0.2) is 65.6 Å². The Kier molecular flexibility index (Phi) is 8.17. The highest BCUT2D eigenvalue weighted by atomic mass is 32.2. The van der Waals surface area contributed by atoms with Gasteiger partial charge in [-0.2, -0.15) is 0 Å². The molecule has 0 aliphatic heterocycles. The fourth-order valence-electron chi connectivity index (χ4n) is 3.68. The number of rotatable bonds is 8. The van der Waals surface area contributed by atoms with Crippen LogP contribution in [0, 0.1) is 0 Å². The third-order valence-electron chi connectivity index (χ3n) is 5.42. The van der Waals surface area contributed by atoms with E-state index in [0.717, 1.165) is 23.3 Å². The molecule has 1 N–H and O–H groups in total. The van der Waals surface area contributed by atoms with E-state index in [1.54, 1.807) is 4.90 Å². The summed E-state index contributed by atoms with van der Waals surface area (Å²) in [7, 11) is 0. The van der Waals surface area contributed by atoms with Gasteiger partial charge in [-0.1, -0.05) is 67.8 Å². The summed E-state index contributed by atoms with van der Waals surface area (Å²) >= 11 is 1.51. The molecule has 0 bridgehead atoms. The summed E-state index contributed by atoms with van der Waals surface area (Å²) in [5.74, 6) is 0.248. The molecule has 5 heteroatoms. The molecule has 0 aromatic heterocycles. The average Bonchev–Trinajstić information content (AvgIpc) is 2.77. The molecule has 0 unspecified atom stereocenters. The zero-order valence-electron chi connectivity index (χ0n) is 17.0. The molecule has 0 spiro atoms. The van der Waals surface area contributed by atoms with Crippen molar-refractivity contribution in [2.75, 3.05) is 5.75 Å². The number of hydrogen-bond acceptors (Lipinski definition) is 3. The zero-order valence-corrected chi connectivity index (χ0v) is 17.9. The number of amides is 2. The number of hydrogen-bond donors (Lipinski definition) is 1. The topological polar surface area (TPSA) is 49.4 Å². The van der Waals surface area contributed by atoms with Crippen molar-refractivity contribution in [2.45, 2.75) is 62.6 Å². The van der Waals surface area contributed by atoms with E-state index in [1.165, 1.54) is 31.0 Å². The summed E-state index contributed by atoms with van der Waals surface area (Å²) in [5, 5.41) is 3.17. The first kappa shape index (κ1) is 21.4. The monoisotopic (exact) mass is 410 g/mol. The van der Waals surface area contributed by atoms with Crippen LogP contribution in [0.1, 0.15) is 44.6 Å². The summed E-state index contributed by atoms with van der Waals surface area (Å²) in [6.45, 7) is 2.28. The molecule has 2 aromatic rings. The fraction of sp³-hybridized carbons (Fsp3) is 0.417. The molecule has 3 rings (SSSR count). The Morgan fingerprint density at radius 1 is 1.00 bits per heavy atom. The van der Waals surface area contributed by atoms with Crippen molar-refractivity contribution in [2.24, 2.45) is 0 Å². The SMILES string of the molecule is C[C@@H](C(=O)NC1CCCCC1)N(Cc1ccccc1)C(=O)CSc1ccccc1. The summed E-state index contributed by atoms with van der Waals surface area (Å²) in [4.78, 5) is 28.8. The molecule has 0 heterocycles. The van der Waals surface area contributed by atoms with Crippen molar-refractivity contribution >= 4 is 23.6 Å². The van der Waals surface area contributed by atoms with Gasteiger partial charge in [0.2, 0.25) is 11.8 Å². The van der Waals surface area contributed by atoms with Crippen LogP contribution in [-0.4, -0.2) is 34.6 Å². The van der Waals surface area contributed by atoms with Gasteiger partial charge in [0.05, 0.1) is 5.75 Å². The molecule has 1 fully saturated rings. The van der Waals surface area contributed by atoms with Gasteiger partial charge in [-0.25, -0.2) is 0 Å². The number of carbonyl (C=O) groups is 2. The van der Waals surface area contributed by atoms with Gasteiger partial charge in [0.1, 0.15) is 6.04 Å². The molecule has 1 saturated carbocycles. The van der Waals surface area contributed by atoms with Crippen LogP contribution in [0.2, 0.25) is 0 Å². The van der Waals surface area contributed by atoms with Crippen LogP contribution < -0.4 is 5.32 Å². The Labute approximate surface area is 178 Å². The van der Waals surface area contributed by atoms with Crippen LogP contribution in [-0.2, 0) is 16.1 Å². The van der Waals surface area contributed by atoms with Crippen LogP contribution in [0.3, 0.4) is 0 Å². The Morgan fingerprint density at radius 2 is 1.62 bits per heavy atom. The lowest BCUT2D eigenvalue weighted by Crippen LogP contribution is -2.50. The first-order valence-corrected chi connectivity index (χ1v) is 11.4. The van der Waals surface area contributed by atoms with E-state index in [0.29, 0.717) is 12.3 Å². The molecule has 1 atom stereocenters. The first-order valence-electron chi connectivity index (χ1n) is 10.4. The molecule has 0 saturated heterocycles. The Hall–Kier alpha value is -2.27. The van der Waals surface area contributed by atoms with Gasteiger partial charge in [-0.05, 0) is 37.5 Å². The van der Waals surface area contributed by atoms with E-state index in [9.17, 15) is 9.59 Å². The predicted octanol–water partition coefficient (Wildman–Crippen LogP) is 4.64. The van der Waals surface area contributed by atoms with Crippen molar-refractivity contribution in [1.82, 2.24) is 10.2 Å². The number of nitrogens with zero attached hydrogens (tertiary/aromatic N) is 1. The van der Waals surface area contributed by atoms with Crippen LogP contribution in [0.25, 0.3) is 0 Å². The minimum Gasteiger partial charge on any atom is -0.352 e. The summed E-state index contributed by atoms with van der Waals surface area (Å²) in [6, 6.07) is 19.5. The highest BCUT2D eigenvalue weighted by Crippen LogP contribution is 2.20. The Balaban J connectivity index is 1.67. The number of thioether (sulfide) groups is 1. The van der Waals surface area contributed by atoms with Gasteiger partial charge in [0.25, 0.3) is 0 Å². The zero-order chi connectivity index (χ0) is 20.5. The van der Waals surface area contributed by atoms with E-state index in [4.69, 9.17) is 0 Å². The molecule has 0 radical (unpaired) electrons. The quantitative estimate of drug-likeness (QED) is 0.645. The van der Waals surface area contributed by atoms with Crippen molar-refractivity contribution in [3.8, 4) is 0 Å². The molecule has 154 valence electrons. The second-order valence-corrected chi connectivity index (χ2v) is 8.68. The standard InChI is InChI=1S/C24H30N2O2S/c1-19(24(28)25-21-13-7-3-8-14-21)26(17-20-11-5-2-6-12-20)23(27)18-29-22-15-9-4-10-16-22/h2,4-6,9-12,15-16,19,21H,3,7-8,13-14,17-18H2,1H3,(H,25,28)/t19-/m0/s1. The second kappa shape index (κ2) is 11.1. The normalized spacial score (nSPS) is 15.5.